The maximum absolute atomic E-state index is 11.6. The number of carboxylic acids is 1. The Morgan fingerprint density at radius 2 is 2.00 bits per heavy atom. The molecular weight excluding hydrogens is 238 g/mol. The van der Waals surface area contributed by atoms with Gasteiger partial charge >= 0.3 is 5.97 Å². The van der Waals surface area contributed by atoms with Gasteiger partial charge in [-0.3, -0.25) is 4.79 Å². The molecule has 4 nitrogen and oxygen atoms in total. The number of nitrogens with one attached hydrogen (secondary N) is 1. The first kappa shape index (κ1) is 16.3. The van der Waals surface area contributed by atoms with Gasteiger partial charge in [0.2, 0.25) is 5.91 Å². The van der Waals surface area contributed by atoms with Crippen LogP contribution >= 0.6 is 11.8 Å². The summed E-state index contributed by atoms with van der Waals surface area (Å²) < 4.78 is 0. The number of hydrogen-bond acceptors (Lipinski definition) is 3. The maximum Gasteiger partial charge on any atom is 0.329 e. The van der Waals surface area contributed by atoms with Crippen LogP contribution < -0.4 is 5.32 Å². The quantitative estimate of drug-likeness (QED) is 0.657. The normalized spacial score (nSPS) is 14.4. The van der Waals surface area contributed by atoms with Gasteiger partial charge in [-0.2, -0.15) is 11.8 Å². The molecule has 0 saturated heterocycles. The van der Waals surface area contributed by atoms with Crippen molar-refractivity contribution in [3.05, 3.63) is 0 Å². The number of carboxylic acid groups (broad SMARTS) is 1. The molecule has 0 aromatic heterocycles. The smallest absolute Gasteiger partial charge is 0.329 e. The van der Waals surface area contributed by atoms with Gasteiger partial charge in [-0.05, 0) is 31.4 Å². The summed E-state index contributed by atoms with van der Waals surface area (Å²) in [6.45, 7) is 7.56. The molecule has 0 radical (unpaired) electrons. The number of carbonyl (C=O) groups excluding carboxylic acids is 1. The van der Waals surface area contributed by atoms with Crippen molar-refractivity contribution < 1.29 is 14.7 Å². The fourth-order valence-electron chi connectivity index (χ4n) is 1.12. The zero-order valence-electron chi connectivity index (χ0n) is 11.1. The minimum atomic E-state index is -1.14. The second kappa shape index (κ2) is 7.58. The number of hydrogen-bond donors (Lipinski definition) is 2. The second-order valence-electron chi connectivity index (χ2n) is 4.77. The lowest BCUT2D eigenvalue weighted by molar-refractivity contribution is -0.146. The topological polar surface area (TPSA) is 66.4 Å². The fourth-order valence-corrected chi connectivity index (χ4v) is 2.16. The Kier molecular flexibility index (Phi) is 7.27. The van der Waals surface area contributed by atoms with Gasteiger partial charge in [-0.15, -0.1) is 0 Å². The Balaban J connectivity index is 3.96. The molecule has 0 rings (SSSR count). The Labute approximate surface area is 108 Å². The summed E-state index contributed by atoms with van der Waals surface area (Å²) in [6, 6.07) is 0. The van der Waals surface area contributed by atoms with Crippen molar-refractivity contribution in [1.82, 2.24) is 5.32 Å². The molecule has 0 saturated carbocycles. The minimum Gasteiger partial charge on any atom is -0.480 e. The molecule has 1 unspecified atom stereocenters. The fraction of sp³-hybridized carbons (Fsp3) is 0.833. The van der Waals surface area contributed by atoms with Crippen LogP contribution in [0.2, 0.25) is 0 Å². The van der Waals surface area contributed by atoms with E-state index in [4.69, 9.17) is 5.11 Å². The zero-order chi connectivity index (χ0) is 13.5. The van der Waals surface area contributed by atoms with Crippen molar-refractivity contribution >= 4 is 23.6 Å². The van der Waals surface area contributed by atoms with Gasteiger partial charge in [-0.1, -0.05) is 20.8 Å². The van der Waals surface area contributed by atoms with E-state index in [0.29, 0.717) is 18.1 Å². The van der Waals surface area contributed by atoms with Gasteiger partial charge < -0.3 is 10.4 Å². The molecule has 0 aromatic carbocycles. The molecule has 0 aliphatic rings. The number of rotatable bonds is 8. The van der Waals surface area contributed by atoms with Crippen molar-refractivity contribution in [1.29, 1.82) is 0 Å². The molecule has 0 bridgehead atoms. The van der Waals surface area contributed by atoms with Crippen LogP contribution in [0.25, 0.3) is 0 Å². The van der Waals surface area contributed by atoms with E-state index in [1.165, 1.54) is 6.92 Å². The van der Waals surface area contributed by atoms with Crippen molar-refractivity contribution in [3.8, 4) is 0 Å². The predicted molar refractivity (Wildman–Crippen MR) is 71.3 cm³/mol. The van der Waals surface area contributed by atoms with Gasteiger partial charge in [-0.25, -0.2) is 4.79 Å². The summed E-state index contributed by atoms with van der Waals surface area (Å²) in [6.07, 6.45) is 1.45. The molecular formula is C12H23NO3S. The Hall–Kier alpha value is -0.710. The van der Waals surface area contributed by atoms with E-state index in [0.717, 1.165) is 12.2 Å². The highest BCUT2D eigenvalue weighted by molar-refractivity contribution is 7.99. The highest BCUT2D eigenvalue weighted by Crippen LogP contribution is 2.12. The highest BCUT2D eigenvalue weighted by atomic mass is 32.2. The summed E-state index contributed by atoms with van der Waals surface area (Å²) in [5.74, 6) is 0.702. The molecule has 0 aliphatic carbocycles. The molecule has 0 aromatic rings. The van der Waals surface area contributed by atoms with Gasteiger partial charge in [0, 0.05) is 0 Å². The number of amides is 1. The van der Waals surface area contributed by atoms with E-state index in [2.05, 4.69) is 19.2 Å². The predicted octanol–water partition coefficient (Wildman–Crippen LogP) is 2.14. The monoisotopic (exact) mass is 261 g/mol. The first-order valence-electron chi connectivity index (χ1n) is 5.94. The summed E-state index contributed by atoms with van der Waals surface area (Å²) in [7, 11) is 0. The lowest BCUT2D eigenvalue weighted by Gasteiger charge is -2.24. The summed E-state index contributed by atoms with van der Waals surface area (Å²) in [5, 5.41) is 11.6. The lowest BCUT2D eigenvalue weighted by Crippen LogP contribution is -2.52. The second-order valence-corrected chi connectivity index (χ2v) is 5.88. The summed E-state index contributed by atoms with van der Waals surface area (Å²) >= 11 is 1.55. The number of thioether (sulfide) groups is 1. The molecule has 0 spiro atoms. The lowest BCUT2D eigenvalue weighted by atomic mass is 9.99. The van der Waals surface area contributed by atoms with Crippen LogP contribution in [0, 0.1) is 5.92 Å². The molecule has 0 heterocycles. The molecule has 0 aliphatic heterocycles. The third-order valence-corrected chi connectivity index (χ3v) is 3.66. The third-order valence-electron chi connectivity index (χ3n) is 2.67. The molecule has 1 amide bonds. The Morgan fingerprint density at radius 3 is 2.41 bits per heavy atom. The summed E-state index contributed by atoms with van der Waals surface area (Å²) in [4.78, 5) is 22.6. The molecule has 1 atom stereocenters. The average Bonchev–Trinajstić information content (AvgIpc) is 2.23. The maximum atomic E-state index is 11.6. The van der Waals surface area contributed by atoms with E-state index in [9.17, 15) is 9.59 Å². The van der Waals surface area contributed by atoms with Crippen LogP contribution in [0.5, 0.6) is 0 Å². The van der Waals surface area contributed by atoms with Crippen molar-refractivity contribution in [3.63, 3.8) is 0 Å². The van der Waals surface area contributed by atoms with Gasteiger partial charge in [0.15, 0.2) is 0 Å². The standard InChI is InChI=1S/C12H23NO3S/c1-5-12(4,11(15)16)13-10(14)8-17-7-6-9(2)3/h9H,5-8H2,1-4H3,(H,13,14)(H,15,16). The van der Waals surface area contributed by atoms with Crippen LogP contribution in [-0.4, -0.2) is 34.0 Å². The SMILES string of the molecule is CCC(C)(NC(=O)CSCCC(C)C)C(=O)O. The summed E-state index contributed by atoms with van der Waals surface area (Å²) in [5.41, 5.74) is -1.14. The van der Waals surface area contributed by atoms with Gasteiger partial charge in [0.25, 0.3) is 0 Å². The van der Waals surface area contributed by atoms with E-state index in [-0.39, 0.29) is 5.91 Å². The Bertz CT molecular complexity index is 268. The molecule has 100 valence electrons. The van der Waals surface area contributed by atoms with Gasteiger partial charge in [0.05, 0.1) is 5.75 Å². The van der Waals surface area contributed by atoms with Crippen molar-refractivity contribution in [2.75, 3.05) is 11.5 Å². The zero-order valence-corrected chi connectivity index (χ0v) is 11.9. The molecule has 2 N–H and O–H groups in total. The van der Waals surface area contributed by atoms with Crippen LogP contribution in [0.3, 0.4) is 0 Å². The van der Waals surface area contributed by atoms with Crippen LogP contribution in [-0.2, 0) is 9.59 Å². The largest absolute Gasteiger partial charge is 0.480 e. The number of carbonyl (C=O) groups is 2. The van der Waals surface area contributed by atoms with E-state index < -0.39 is 11.5 Å². The van der Waals surface area contributed by atoms with E-state index in [1.54, 1.807) is 18.7 Å². The van der Waals surface area contributed by atoms with E-state index in [1.807, 2.05) is 0 Å². The van der Waals surface area contributed by atoms with Crippen LogP contribution in [0.15, 0.2) is 0 Å². The number of aliphatic carboxylic acids is 1. The van der Waals surface area contributed by atoms with E-state index >= 15 is 0 Å². The van der Waals surface area contributed by atoms with Gasteiger partial charge in [0.1, 0.15) is 5.54 Å². The first-order chi connectivity index (χ1) is 7.81. The third kappa shape index (κ3) is 6.56. The van der Waals surface area contributed by atoms with Crippen molar-refractivity contribution in [2.45, 2.75) is 46.1 Å². The molecule has 17 heavy (non-hydrogen) atoms. The minimum absolute atomic E-state index is 0.203. The molecule has 5 heteroatoms. The first-order valence-corrected chi connectivity index (χ1v) is 7.09. The van der Waals surface area contributed by atoms with Crippen molar-refractivity contribution in [2.24, 2.45) is 5.92 Å². The highest BCUT2D eigenvalue weighted by Gasteiger charge is 2.32. The molecule has 0 fully saturated rings. The average molecular weight is 261 g/mol. The Morgan fingerprint density at radius 1 is 1.41 bits per heavy atom. The van der Waals surface area contributed by atoms with Crippen LogP contribution in [0.4, 0.5) is 0 Å². The van der Waals surface area contributed by atoms with Crippen LogP contribution in [0.1, 0.15) is 40.5 Å².